The topological polar surface area (TPSA) is 42.0 Å². The molecule has 3 heterocycles. The van der Waals surface area contributed by atoms with Crippen LogP contribution in [0, 0.1) is 0 Å². The highest BCUT2D eigenvalue weighted by molar-refractivity contribution is 5.97. The molecule has 1 unspecified atom stereocenters. The van der Waals surface area contributed by atoms with Gasteiger partial charge >= 0.3 is 5.97 Å². The fourth-order valence-electron chi connectivity index (χ4n) is 5.21. The molecule has 3 aromatic carbocycles. The van der Waals surface area contributed by atoms with Crippen LogP contribution in [-0.4, -0.2) is 32.1 Å². The number of nitrogens with zero attached hydrogens (tertiary/aromatic N) is 2. The van der Waals surface area contributed by atoms with Gasteiger partial charge in [0, 0.05) is 66.4 Å². The van der Waals surface area contributed by atoms with Gasteiger partial charge in [0.1, 0.15) is 11.5 Å². The van der Waals surface area contributed by atoms with Gasteiger partial charge in [-0.05, 0) is 50.6 Å². The quantitative estimate of drug-likeness (QED) is 0.529. The Balaban J connectivity index is 1.59. The van der Waals surface area contributed by atoms with Gasteiger partial charge in [0.05, 0.1) is 5.56 Å². The zero-order chi connectivity index (χ0) is 21.9. The van der Waals surface area contributed by atoms with E-state index in [0.717, 1.165) is 65.7 Å². The first-order chi connectivity index (χ1) is 15.7. The maximum Gasteiger partial charge on any atom is 0.340 e. The van der Waals surface area contributed by atoms with Crippen molar-refractivity contribution in [2.24, 2.45) is 0 Å². The highest BCUT2D eigenvalue weighted by atomic mass is 16.6. The lowest BCUT2D eigenvalue weighted by Gasteiger charge is -2.39. The van der Waals surface area contributed by atoms with Crippen LogP contribution in [0.1, 0.15) is 47.3 Å². The molecule has 1 atom stereocenters. The van der Waals surface area contributed by atoms with Crippen molar-refractivity contribution in [3.63, 3.8) is 0 Å². The Labute approximate surface area is 188 Å². The summed E-state index contributed by atoms with van der Waals surface area (Å²) >= 11 is 0. The van der Waals surface area contributed by atoms with Gasteiger partial charge in [0.25, 0.3) is 0 Å². The molecule has 5 nitrogen and oxygen atoms in total. The van der Waals surface area contributed by atoms with E-state index in [1.54, 1.807) is 0 Å². The molecule has 0 aliphatic carbocycles. The van der Waals surface area contributed by atoms with Crippen LogP contribution in [0.5, 0.6) is 11.5 Å². The Morgan fingerprint density at radius 2 is 1.62 bits per heavy atom. The summed E-state index contributed by atoms with van der Waals surface area (Å²) in [6.07, 6.45) is 1.21. The molecule has 32 heavy (non-hydrogen) atoms. The summed E-state index contributed by atoms with van der Waals surface area (Å²) in [4.78, 5) is 17.6. The Morgan fingerprint density at radius 1 is 0.906 bits per heavy atom. The van der Waals surface area contributed by atoms with Crippen molar-refractivity contribution in [1.82, 2.24) is 0 Å². The zero-order valence-corrected chi connectivity index (χ0v) is 18.4. The van der Waals surface area contributed by atoms with Crippen molar-refractivity contribution < 1.29 is 14.3 Å². The zero-order valence-electron chi connectivity index (χ0n) is 18.4. The van der Waals surface area contributed by atoms with E-state index >= 15 is 0 Å². The molecule has 1 saturated heterocycles. The first-order valence-corrected chi connectivity index (χ1v) is 11.5. The molecule has 5 heteroatoms. The van der Waals surface area contributed by atoms with Gasteiger partial charge < -0.3 is 19.3 Å². The third-order valence-corrected chi connectivity index (χ3v) is 7.03. The molecule has 1 spiro atoms. The molecule has 0 amide bonds. The van der Waals surface area contributed by atoms with Crippen LogP contribution in [0.15, 0.2) is 60.7 Å². The Bertz CT molecular complexity index is 1230. The predicted octanol–water partition coefficient (Wildman–Crippen LogP) is 5.31. The van der Waals surface area contributed by atoms with Crippen LogP contribution >= 0.6 is 0 Å². The first kappa shape index (κ1) is 19.2. The number of hydrogen-bond donors (Lipinski definition) is 0. The van der Waals surface area contributed by atoms with Crippen LogP contribution in [0.3, 0.4) is 0 Å². The van der Waals surface area contributed by atoms with Crippen molar-refractivity contribution >= 4 is 17.3 Å². The number of rotatable bonds is 4. The summed E-state index contributed by atoms with van der Waals surface area (Å²) < 4.78 is 12.8. The third kappa shape index (κ3) is 2.54. The molecule has 0 bridgehead atoms. The lowest BCUT2D eigenvalue weighted by Crippen LogP contribution is -2.37. The van der Waals surface area contributed by atoms with E-state index in [1.807, 2.05) is 24.3 Å². The van der Waals surface area contributed by atoms with Gasteiger partial charge in [0.2, 0.25) is 0 Å². The molecule has 3 aliphatic rings. The normalized spacial score (nSPS) is 20.1. The molecule has 3 aliphatic heterocycles. The van der Waals surface area contributed by atoms with E-state index < -0.39 is 5.60 Å². The van der Waals surface area contributed by atoms with Crippen LogP contribution in [0.25, 0.3) is 0 Å². The molecule has 1 fully saturated rings. The number of benzene rings is 3. The maximum atomic E-state index is 13.0. The smallest absolute Gasteiger partial charge is 0.340 e. The van der Waals surface area contributed by atoms with Gasteiger partial charge in [-0.25, -0.2) is 4.79 Å². The minimum atomic E-state index is -0.994. The molecule has 162 valence electrons. The molecular weight excluding hydrogens is 400 g/mol. The summed E-state index contributed by atoms with van der Waals surface area (Å²) in [6, 6.07) is 20.2. The summed E-state index contributed by atoms with van der Waals surface area (Å²) in [6.45, 7) is 8.24. The monoisotopic (exact) mass is 426 g/mol. The summed E-state index contributed by atoms with van der Waals surface area (Å²) in [5.74, 6) is 1.20. The van der Waals surface area contributed by atoms with E-state index in [4.69, 9.17) is 9.47 Å². The average molecular weight is 427 g/mol. The molecule has 3 aromatic rings. The average Bonchev–Trinajstić information content (AvgIpc) is 3.07. The number of esters is 1. The van der Waals surface area contributed by atoms with Crippen LogP contribution in [0.2, 0.25) is 0 Å². The molecule has 0 radical (unpaired) electrons. The van der Waals surface area contributed by atoms with E-state index in [-0.39, 0.29) is 5.97 Å². The van der Waals surface area contributed by atoms with Gasteiger partial charge in [-0.15, -0.1) is 0 Å². The minimum absolute atomic E-state index is 0.293. The van der Waals surface area contributed by atoms with Crippen molar-refractivity contribution in [1.29, 1.82) is 0 Å². The standard InChI is InChI=1S/C27H26N2O3/c1-3-28(4-2)18-10-12-22-24(16-18)31-25-17-19(29-14-7-15-29)11-13-23(25)27(22)21-9-6-5-8-20(21)26(30)32-27/h5-6,8-13,16-17H,3-4,7,14-15H2,1-2H3. The molecule has 0 saturated carbocycles. The highest BCUT2D eigenvalue weighted by Crippen LogP contribution is 2.57. The second-order valence-corrected chi connectivity index (χ2v) is 8.59. The lowest BCUT2D eigenvalue weighted by atomic mass is 9.77. The SMILES string of the molecule is CCN(CC)c1ccc2c(c1)Oc1cc(N3CCC3)ccc1C21OC(=O)c2ccccc21. The van der Waals surface area contributed by atoms with Gasteiger partial charge in [-0.1, -0.05) is 18.2 Å². The van der Waals surface area contributed by atoms with E-state index in [9.17, 15) is 4.79 Å². The fourth-order valence-corrected chi connectivity index (χ4v) is 5.21. The van der Waals surface area contributed by atoms with Gasteiger partial charge in [0.15, 0.2) is 5.60 Å². The maximum absolute atomic E-state index is 13.0. The Morgan fingerprint density at radius 3 is 2.34 bits per heavy atom. The van der Waals surface area contributed by atoms with Crippen LogP contribution < -0.4 is 14.5 Å². The minimum Gasteiger partial charge on any atom is -0.456 e. The number of carbonyl (C=O) groups excluding carboxylic acids is 1. The van der Waals surface area contributed by atoms with E-state index in [2.05, 4.69) is 60.0 Å². The third-order valence-electron chi connectivity index (χ3n) is 7.03. The van der Waals surface area contributed by atoms with Crippen LogP contribution in [0.4, 0.5) is 11.4 Å². The number of fused-ring (bicyclic) bond motifs is 6. The van der Waals surface area contributed by atoms with Gasteiger partial charge in [-0.2, -0.15) is 0 Å². The number of hydrogen-bond acceptors (Lipinski definition) is 5. The predicted molar refractivity (Wildman–Crippen MR) is 125 cm³/mol. The first-order valence-electron chi connectivity index (χ1n) is 11.5. The fraction of sp³-hybridized carbons (Fsp3) is 0.296. The van der Waals surface area contributed by atoms with Gasteiger partial charge in [-0.3, -0.25) is 0 Å². The number of carbonyl (C=O) groups is 1. The van der Waals surface area contributed by atoms with Crippen molar-refractivity contribution in [3.05, 3.63) is 82.9 Å². The van der Waals surface area contributed by atoms with E-state index in [0.29, 0.717) is 5.56 Å². The Kier molecular flexibility index (Phi) is 4.22. The molecule has 0 N–H and O–H groups in total. The second-order valence-electron chi connectivity index (χ2n) is 8.59. The van der Waals surface area contributed by atoms with Crippen molar-refractivity contribution in [2.45, 2.75) is 25.9 Å². The lowest BCUT2D eigenvalue weighted by molar-refractivity contribution is 0.0224. The summed E-state index contributed by atoms with van der Waals surface area (Å²) in [5.41, 5.74) is 4.49. The highest BCUT2D eigenvalue weighted by Gasteiger charge is 2.53. The van der Waals surface area contributed by atoms with Crippen molar-refractivity contribution in [3.8, 4) is 11.5 Å². The molecular formula is C27H26N2O3. The van der Waals surface area contributed by atoms with Crippen molar-refractivity contribution in [2.75, 3.05) is 36.0 Å². The largest absolute Gasteiger partial charge is 0.456 e. The second kappa shape index (κ2) is 7.02. The molecule has 6 rings (SSSR count). The summed E-state index contributed by atoms with van der Waals surface area (Å²) in [7, 11) is 0. The number of ether oxygens (including phenoxy) is 2. The number of anilines is 2. The van der Waals surface area contributed by atoms with Crippen LogP contribution in [-0.2, 0) is 10.3 Å². The summed E-state index contributed by atoms with van der Waals surface area (Å²) in [5, 5.41) is 0. The van der Waals surface area contributed by atoms with E-state index in [1.165, 1.54) is 6.42 Å². The Hall–Kier alpha value is -3.47. The molecule has 0 aromatic heterocycles.